The molecule has 6 atom stereocenters. The molecule has 0 aromatic carbocycles. The van der Waals surface area contributed by atoms with Crippen LogP contribution in [0, 0.1) is 0 Å². The average molecular weight is 426 g/mol. The van der Waals surface area contributed by atoms with Crippen molar-refractivity contribution in [3.05, 3.63) is 6.33 Å². The Morgan fingerprint density at radius 2 is 2.14 bits per heavy atom. The van der Waals surface area contributed by atoms with E-state index in [2.05, 4.69) is 15.0 Å². The highest BCUT2D eigenvalue weighted by molar-refractivity contribution is 7.48. The van der Waals surface area contributed by atoms with Crippen molar-refractivity contribution in [2.24, 2.45) is 5.73 Å². The second kappa shape index (κ2) is 5.87. The minimum atomic E-state index is -3.76. The molecule has 2 aromatic rings. The van der Waals surface area contributed by atoms with Gasteiger partial charge in [-0.1, -0.05) is 0 Å². The normalized spacial score (nSPS) is 40.8. The molecule has 3 unspecified atom stereocenters. The second-order valence-corrected chi connectivity index (χ2v) is 9.62. The van der Waals surface area contributed by atoms with E-state index in [-0.39, 0.29) is 17.9 Å². The highest BCUT2D eigenvalue weighted by Gasteiger charge is 2.79. The number of hydrogen-bond acceptors (Lipinski definition) is 11. The van der Waals surface area contributed by atoms with Crippen LogP contribution < -0.4 is 16.2 Å². The maximum Gasteiger partial charge on any atom is 0.475 e. The van der Waals surface area contributed by atoms with E-state index >= 15 is 0 Å². The molecule has 1 aliphatic carbocycles. The summed E-state index contributed by atoms with van der Waals surface area (Å²) in [5.41, 5.74) is 11.4. The Bertz CT molecular complexity index is 1040. The molecule has 2 aromatic heterocycles. The summed E-state index contributed by atoms with van der Waals surface area (Å²) in [7, 11) is -2.29. The summed E-state index contributed by atoms with van der Waals surface area (Å²) < 4.78 is 43.1. The third-order valence-electron chi connectivity index (χ3n) is 5.44. The second-order valence-electron chi connectivity index (χ2n) is 8.09. The fourth-order valence-electron chi connectivity index (χ4n) is 4.21. The van der Waals surface area contributed by atoms with Crippen LogP contribution in [-0.4, -0.2) is 56.1 Å². The Morgan fingerprint density at radius 1 is 1.38 bits per heavy atom. The van der Waals surface area contributed by atoms with E-state index in [0.29, 0.717) is 17.6 Å². The number of nitrogens with zero attached hydrogens (tertiary/aromatic N) is 4. The van der Waals surface area contributed by atoms with E-state index in [0.717, 1.165) is 0 Å². The van der Waals surface area contributed by atoms with Crippen LogP contribution in [0.2, 0.25) is 0 Å². The van der Waals surface area contributed by atoms with Gasteiger partial charge in [-0.2, -0.15) is 9.97 Å². The zero-order chi connectivity index (χ0) is 20.8. The van der Waals surface area contributed by atoms with Gasteiger partial charge in [0, 0.05) is 6.42 Å². The molecule has 5 rings (SSSR count). The van der Waals surface area contributed by atoms with Crippen LogP contribution in [0.25, 0.3) is 11.2 Å². The third-order valence-corrected chi connectivity index (χ3v) is 7.11. The number of nitrogen functional groups attached to an aromatic ring is 1. The van der Waals surface area contributed by atoms with Gasteiger partial charge in [-0.05, 0) is 20.8 Å². The van der Waals surface area contributed by atoms with Gasteiger partial charge in [0.15, 0.2) is 17.4 Å². The fourth-order valence-corrected chi connectivity index (χ4v) is 6.10. The van der Waals surface area contributed by atoms with Crippen molar-refractivity contribution in [2.75, 3.05) is 12.8 Å². The minimum Gasteiger partial charge on any atom is -0.479 e. The lowest BCUT2D eigenvalue weighted by molar-refractivity contribution is -0.0830. The predicted molar refractivity (Wildman–Crippen MR) is 99.9 cm³/mol. The lowest BCUT2D eigenvalue weighted by Gasteiger charge is -2.36. The molecule has 2 aliphatic heterocycles. The van der Waals surface area contributed by atoms with Crippen LogP contribution in [-0.2, 0) is 22.9 Å². The van der Waals surface area contributed by atoms with Crippen molar-refractivity contribution in [3.8, 4) is 5.88 Å². The van der Waals surface area contributed by atoms with Crippen LogP contribution in [0.15, 0.2) is 6.33 Å². The number of imidazole rings is 1. The zero-order valence-electron chi connectivity index (χ0n) is 16.4. The van der Waals surface area contributed by atoms with Crippen molar-refractivity contribution < 1.29 is 27.6 Å². The van der Waals surface area contributed by atoms with Gasteiger partial charge in [0.25, 0.3) is 0 Å². The number of phosphoric ester groups is 1. The lowest BCUT2D eigenvalue weighted by atomic mass is 9.92. The van der Waals surface area contributed by atoms with Gasteiger partial charge in [0.05, 0.1) is 25.1 Å². The van der Waals surface area contributed by atoms with Gasteiger partial charge >= 0.3 is 7.82 Å². The molecule has 4 N–H and O–H groups in total. The first-order chi connectivity index (χ1) is 13.6. The van der Waals surface area contributed by atoms with Gasteiger partial charge in [0.1, 0.15) is 17.8 Å². The van der Waals surface area contributed by atoms with Crippen LogP contribution in [0.3, 0.4) is 0 Å². The van der Waals surface area contributed by atoms with E-state index in [1.807, 2.05) is 0 Å². The molecule has 1 saturated carbocycles. The minimum absolute atomic E-state index is 0.0297. The predicted octanol–water partition coefficient (Wildman–Crippen LogP) is 1.12. The molecule has 12 nitrogen and oxygen atoms in total. The fraction of sp³-hybridized carbons (Fsp3) is 0.688. The molecule has 0 bridgehead atoms. The number of rotatable bonds is 4. The maximum atomic E-state index is 13.0. The average Bonchev–Trinajstić information content (AvgIpc) is 3.07. The van der Waals surface area contributed by atoms with E-state index in [9.17, 15) is 4.57 Å². The van der Waals surface area contributed by atoms with Crippen molar-refractivity contribution in [1.82, 2.24) is 19.5 Å². The SMILES string of the molecule is COc1nc(N)nc2c1ncn2[C@@H]1OC23CC2OP(=O)(OC(C)C)O[C@H]3[C@@]1(C)N. The van der Waals surface area contributed by atoms with E-state index in [1.54, 1.807) is 25.3 Å². The molecular weight excluding hydrogens is 403 g/mol. The number of methoxy groups -OCH3 is 1. The zero-order valence-corrected chi connectivity index (χ0v) is 17.3. The molecule has 0 amide bonds. The van der Waals surface area contributed by atoms with Crippen molar-refractivity contribution in [2.45, 2.75) is 62.9 Å². The molecule has 1 spiro atoms. The Balaban J connectivity index is 1.56. The first-order valence-electron chi connectivity index (χ1n) is 9.25. The summed E-state index contributed by atoms with van der Waals surface area (Å²) in [6, 6.07) is 0. The molecular formula is C16H23N6O6P. The van der Waals surface area contributed by atoms with Crippen molar-refractivity contribution in [3.63, 3.8) is 0 Å². The van der Waals surface area contributed by atoms with Crippen molar-refractivity contribution >= 4 is 24.9 Å². The molecule has 0 radical (unpaired) electrons. The summed E-state index contributed by atoms with van der Waals surface area (Å²) in [5.74, 6) is 0.277. The lowest BCUT2D eigenvalue weighted by Crippen LogP contribution is -2.54. The molecule has 2 saturated heterocycles. The first-order valence-corrected chi connectivity index (χ1v) is 10.7. The Kier molecular flexibility index (Phi) is 3.88. The summed E-state index contributed by atoms with van der Waals surface area (Å²) in [4.78, 5) is 12.6. The van der Waals surface area contributed by atoms with E-state index in [4.69, 9.17) is 34.5 Å². The summed E-state index contributed by atoms with van der Waals surface area (Å²) in [6.45, 7) is 5.28. The summed E-state index contributed by atoms with van der Waals surface area (Å²) >= 11 is 0. The molecule has 3 fully saturated rings. The van der Waals surface area contributed by atoms with Crippen LogP contribution in [0.1, 0.15) is 33.4 Å². The van der Waals surface area contributed by atoms with Gasteiger partial charge in [-0.15, -0.1) is 0 Å². The number of hydrogen-bond donors (Lipinski definition) is 2. The van der Waals surface area contributed by atoms with E-state index in [1.165, 1.54) is 13.4 Å². The quantitative estimate of drug-likeness (QED) is 0.675. The van der Waals surface area contributed by atoms with Crippen LogP contribution in [0.4, 0.5) is 5.95 Å². The Labute approximate surface area is 166 Å². The number of aromatic nitrogens is 4. The third kappa shape index (κ3) is 2.64. The van der Waals surface area contributed by atoms with Crippen molar-refractivity contribution in [1.29, 1.82) is 0 Å². The molecule has 29 heavy (non-hydrogen) atoms. The standard InChI is InChI=1S/C16H23N6O6P/c1-7(2)26-29(23)27-8-5-16(8)12(28-29)15(3,18)13(25-16)22-6-19-9-10(22)20-14(17)21-11(9)24-4/h6-8,12-13H,5,18H2,1-4H3,(H2,17,20,21)/t8?,12-,13+,15+,16?,29?/m0/s1. The highest BCUT2D eigenvalue weighted by atomic mass is 31.2. The van der Waals surface area contributed by atoms with Gasteiger partial charge in [-0.25, -0.2) is 9.55 Å². The number of nitrogens with two attached hydrogens (primary N) is 2. The van der Waals surface area contributed by atoms with Gasteiger partial charge in [-0.3, -0.25) is 18.1 Å². The topological polar surface area (TPSA) is 159 Å². The molecule has 13 heteroatoms. The molecule has 3 aliphatic rings. The number of fused-ring (bicyclic) bond motifs is 1. The van der Waals surface area contributed by atoms with Crippen LogP contribution >= 0.6 is 7.82 Å². The molecule has 158 valence electrons. The number of ether oxygens (including phenoxy) is 2. The van der Waals surface area contributed by atoms with Gasteiger partial charge < -0.3 is 20.9 Å². The Morgan fingerprint density at radius 3 is 2.83 bits per heavy atom. The van der Waals surface area contributed by atoms with Crippen LogP contribution in [0.5, 0.6) is 5.88 Å². The molecule has 4 heterocycles. The van der Waals surface area contributed by atoms with Gasteiger partial charge in [0.2, 0.25) is 11.8 Å². The first kappa shape index (κ1) is 19.2. The summed E-state index contributed by atoms with van der Waals surface area (Å²) in [6.07, 6.45) is -0.160. The summed E-state index contributed by atoms with van der Waals surface area (Å²) in [5, 5.41) is 0. The number of anilines is 1. The largest absolute Gasteiger partial charge is 0.479 e. The Hall–Kier alpha value is -1.82. The maximum absolute atomic E-state index is 13.0. The smallest absolute Gasteiger partial charge is 0.475 e. The number of phosphoric acid groups is 1. The monoisotopic (exact) mass is 426 g/mol. The highest BCUT2D eigenvalue weighted by Crippen LogP contribution is 2.71. The van der Waals surface area contributed by atoms with E-state index < -0.39 is 37.4 Å².